The number of allylic oxidation sites excluding steroid dienone is 5. The maximum atomic E-state index is 13.0. The highest BCUT2D eigenvalue weighted by molar-refractivity contribution is 5.88. The molecule has 0 atom stereocenters. The van der Waals surface area contributed by atoms with Crippen LogP contribution in [0.25, 0.3) is 0 Å². The number of halogens is 1. The van der Waals surface area contributed by atoms with Crippen LogP contribution >= 0.6 is 0 Å². The number of hydrogen-bond acceptors (Lipinski definition) is 3. The number of carboxylic acid groups (broad SMARTS) is 1. The lowest BCUT2D eigenvalue weighted by molar-refractivity contribution is 0.0697. The summed E-state index contributed by atoms with van der Waals surface area (Å²) in [6, 6.07) is 6.34. The molecule has 0 bridgehead atoms. The topological polar surface area (TPSA) is 65.3 Å². The van der Waals surface area contributed by atoms with Gasteiger partial charge in [0.2, 0.25) is 0 Å². The van der Waals surface area contributed by atoms with Gasteiger partial charge in [-0.25, -0.2) is 9.18 Å². The number of carboxylic acids is 1. The minimum Gasteiger partial charge on any atom is -0.478 e. The molecule has 1 aromatic rings. The van der Waals surface area contributed by atoms with Gasteiger partial charge in [-0.05, 0) is 48.4 Å². The zero-order valence-electron chi connectivity index (χ0n) is 13.3. The van der Waals surface area contributed by atoms with Gasteiger partial charge in [-0.3, -0.25) is 5.01 Å². The van der Waals surface area contributed by atoms with Crippen LogP contribution in [0.1, 0.15) is 16.8 Å². The molecule has 0 saturated carbocycles. The highest BCUT2D eigenvalue weighted by atomic mass is 19.1. The first-order chi connectivity index (χ1) is 11.6. The minimum atomic E-state index is -0.968. The fourth-order valence-electron chi connectivity index (χ4n) is 1.85. The van der Waals surface area contributed by atoms with Gasteiger partial charge in [-0.15, -0.1) is 12.8 Å². The van der Waals surface area contributed by atoms with Gasteiger partial charge in [0.25, 0.3) is 0 Å². The molecule has 1 aromatic carbocycles. The van der Waals surface area contributed by atoms with E-state index in [-0.39, 0.29) is 11.4 Å². The Labute approximate surface area is 140 Å². The molecule has 0 aromatic heterocycles. The second-order valence-electron chi connectivity index (χ2n) is 4.75. The lowest BCUT2D eigenvalue weighted by Crippen LogP contribution is -2.08. The predicted octanol–water partition coefficient (Wildman–Crippen LogP) is 4.18. The average Bonchev–Trinajstić information content (AvgIpc) is 2.81. The molecule has 1 aliphatic rings. The standard InChI is InChI=1S/C16H16FN3O2.C2H2/c1-20(15-9-6-13(7-10-15)16(21)22)19-18-11-12-3-2-4-14(17)8-5-12;1-2/h2,4-10H,3,11H2,1H3,(H,21,22);1-2H. The molecule has 0 spiro atoms. The van der Waals surface area contributed by atoms with E-state index in [4.69, 9.17) is 5.11 Å². The fourth-order valence-corrected chi connectivity index (χ4v) is 1.85. The van der Waals surface area contributed by atoms with Crippen molar-refractivity contribution in [1.29, 1.82) is 0 Å². The van der Waals surface area contributed by atoms with Crippen molar-refractivity contribution in [3.8, 4) is 12.8 Å². The molecule has 0 heterocycles. The Hall–Kier alpha value is -3.20. The van der Waals surface area contributed by atoms with E-state index in [0.717, 1.165) is 11.3 Å². The monoisotopic (exact) mass is 327 g/mol. The number of rotatable bonds is 5. The summed E-state index contributed by atoms with van der Waals surface area (Å²) in [6.07, 6.45) is 14.9. The third-order valence-corrected chi connectivity index (χ3v) is 3.09. The third kappa shape index (κ3) is 5.89. The largest absolute Gasteiger partial charge is 0.478 e. The summed E-state index contributed by atoms with van der Waals surface area (Å²) in [4.78, 5) is 10.8. The van der Waals surface area contributed by atoms with Crippen LogP contribution in [0.5, 0.6) is 0 Å². The highest BCUT2D eigenvalue weighted by Gasteiger charge is 2.04. The van der Waals surface area contributed by atoms with Crippen LogP contribution in [0.15, 0.2) is 70.3 Å². The van der Waals surface area contributed by atoms with E-state index in [1.54, 1.807) is 36.3 Å². The molecule has 0 unspecified atom stereocenters. The van der Waals surface area contributed by atoms with Gasteiger partial charge >= 0.3 is 5.97 Å². The number of terminal acetylenes is 1. The van der Waals surface area contributed by atoms with Gasteiger partial charge in [-0.1, -0.05) is 17.4 Å². The molecule has 2 rings (SSSR count). The normalized spacial score (nSPS) is 13.3. The van der Waals surface area contributed by atoms with Gasteiger partial charge in [0, 0.05) is 7.05 Å². The molecule has 0 saturated heterocycles. The molecule has 0 fully saturated rings. The van der Waals surface area contributed by atoms with E-state index < -0.39 is 5.97 Å². The molecule has 1 aliphatic carbocycles. The lowest BCUT2D eigenvalue weighted by Gasteiger charge is -2.11. The van der Waals surface area contributed by atoms with E-state index in [9.17, 15) is 9.18 Å². The van der Waals surface area contributed by atoms with Crippen molar-refractivity contribution < 1.29 is 14.3 Å². The Morgan fingerprint density at radius 2 is 1.96 bits per heavy atom. The van der Waals surface area contributed by atoms with Crippen molar-refractivity contribution in [2.75, 3.05) is 18.6 Å². The van der Waals surface area contributed by atoms with Gasteiger partial charge in [0.05, 0.1) is 17.8 Å². The van der Waals surface area contributed by atoms with Crippen molar-refractivity contribution in [1.82, 2.24) is 0 Å². The number of aromatic carboxylic acids is 1. The summed E-state index contributed by atoms with van der Waals surface area (Å²) in [6.45, 7) is 0.381. The van der Waals surface area contributed by atoms with E-state index in [1.807, 2.05) is 0 Å². The van der Waals surface area contributed by atoms with Crippen molar-refractivity contribution in [3.63, 3.8) is 0 Å². The summed E-state index contributed by atoms with van der Waals surface area (Å²) in [7, 11) is 1.72. The minimum absolute atomic E-state index is 0.221. The van der Waals surface area contributed by atoms with Crippen molar-refractivity contribution in [2.24, 2.45) is 10.3 Å². The van der Waals surface area contributed by atoms with Crippen LogP contribution in [0.3, 0.4) is 0 Å². The van der Waals surface area contributed by atoms with Crippen LogP contribution in [0.2, 0.25) is 0 Å². The number of hydrogen-bond donors (Lipinski definition) is 1. The molecule has 0 radical (unpaired) electrons. The van der Waals surface area contributed by atoms with Crippen LogP contribution in [-0.2, 0) is 0 Å². The molecule has 0 aliphatic heterocycles. The lowest BCUT2D eigenvalue weighted by atomic mass is 10.2. The van der Waals surface area contributed by atoms with Gasteiger partial charge in [-0.2, -0.15) is 5.11 Å². The maximum absolute atomic E-state index is 13.0. The first-order valence-corrected chi connectivity index (χ1v) is 7.06. The van der Waals surface area contributed by atoms with E-state index in [0.29, 0.717) is 13.0 Å². The second kappa shape index (κ2) is 9.74. The zero-order chi connectivity index (χ0) is 17.9. The van der Waals surface area contributed by atoms with Crippen LogP contribution < -0.4 is 5.01 Å². The van der Waals surface area contributed by atoms with Crippen LogP contribution in [0, 0.1) is 12.8 Å². The average molecular weight is 327 g/mol. The maximum Gasteiger partial charge on any atom is 0.335 e. The fraction of sp³-hybridized carbons (Fsp3) is 0.167. The van der Waals surface area contributed by atoms with Gasteiger partial charge in [0.1, 0.15) is 5.83 Å². The zero-order valence-corrected chi connectivity index (χ0v) is 13.3. The Bertz CT molecular complexity index is 701. The summed E-state index contributed by atoms with van der Waals surface area (Å²) in [5.41, 5.74) is 1.91. The molecule has 1 N–H and O–H groups in total. The molecular formula is C18H18FN3O2. The van der Waals surface area contributed by atoms with E-state index >= 15 is 0 Å². The van der Waals surface area contributed by atoms with E-state index in [2.05, 4.69) is 23.2 Å². The molecule has 0 amide bonds. The molecule has 6 heteroatoms. The van der Waals surface area contributed by atoms with E-state index in [1.165, 1.54) is 24.3 Å². The highest BCUT2D eigenvalue weighted by Crippen LogP contribution is 2.16. The summed E-state index contributed by atoms with van der Waals surface area (Å²) in [5.74, 6) is -1.24. The Morgan fingerprint density at radius 1 is 1.29 bits per heavy atom. The number of anilines is 1. The molecular weight excluding hydrogens is 309 g/mol. The van der Waals surface area contributed by atoms with Crippen molar-refractivity contribution in [2.45, 2.75) is 6.42 Å². The quantitative estimate of drug-likeness (QED) is 0.501. The van der Waals surface area contributed by atoms with Crippen LogP contribution in [0.4, 0.5) is 10.1 Å². The van der Waals surface area contributed by atoms with Crippen molar-refractivity contribution >= 4 is 11.7 Å². The van der Waals surface area contributed by atoms with Gasteiger partial charge in [0.15, 0.2) is 0 Å². The second-order valence-corrected chi connectivity index (χ2v) is 4.75. The summed E-state index contributed by atoms with van der Waals surface area (Å²) < 4.78 is 13.0. The smallest absolute Gasteiger partial charge is 0.335 e. The first-order valence-electron chi connectivity index (χ1n) is 7.06. The first kappa shape index (κ1) is 18.8. The Kier molecular flexibility index (Phi) is 7.65. The summed E-state index contributed by atoms with van der Waals surface area (Å²) in [5, 5.41) is 18.5. The number of carbonyl (C=O) groups is 1. The summed E-state index contributed by atoms with van der Waals surface area (Å²) >= 11 is 0. The SMILES string of the molecule is C#C.CN(N=NCC1=CC=C(F)C=CC1)c1ccc(C(=O)O)cc1. The number of nitrogens with zero attached hydrogens (tertiary/aromatic N) is 3. The third-order valence-electron chi connectivity index (χ3n) is 3.09. The van der Waals surface area contributed by atoms with Gasteiger partial charge < -0.3 is 5.11 Å². The molecule has 24 heavy (non-hydrogen) atoms. The molecule has 5 nitrogen and oxygen atoms in total. The van der Waals surface area contributed by atoms with Crippen molar-refractivity contribution in [3.05, 3.63) is 65.5 Å². The Balaban J connectivity index is 0.00000139. The van der Waals surface area contributed by atoms with Crippen LogP contribution in [-0.4, -0.2) is 24.7 Å². The molecule has 124 valence electrons. The number of benzene rings is 1. The predicted molar refractivity (Wildman–Crippen MR) is 92.4 cm³/mol. The Morgan fingerprint density at radius 3 is 2.58 bits per heavy atom.